The van der Waals surface area contributed by atoms with Gasteiger partial charge in [0.2, 0.25) is 0 Å². The quantitative estimate of drug-likeness (QED) is 0.298. The van der Waals surface area contributed by atoms with Crippen LogP contribution < -0.4 is 0 Å². The molecular weight excluding hydrogens is 386 g/mol. The Morgan fingerprint density at radius 2 is 1.65 bits per heavy atom. The van der Waals surface area contributed by atoms with E-state index in [0.29, 0.717) is 22.2 Å². The van der Waals surface area contributed by atoms with E-state index in [9.17, 15) is 9.59 Å². The van der Waals surface area contributed by atoms with Gasteiger partial charge < -0.3 is 4.74 Å². The third-order valence-electron chi connectivity index (χ3n) is 5.35. The van der Waals surface area contributed by atoms with Gasteiger partial charge in [-0.3, -0.25) is 4.79 Å². The van der Waals surface area contributed by atoms with Crippen molar-refractivity contribution >= 4 is 22.7 Å². The van der Waals surface area contributed by atoms with Gasteiger partial charge in [0.05, 0.1) is 16.8 Å². The average molecular weight is 409 g/mol. The Hall–Kier alpha value is -3.79. The Morgan fingerprint density at radius 3 is 2.35 bits per heavy atom. The van der Waals surface area contributed by atoms with E-state index in [1.807, 2.05) is 43.3 Å². The maximum Gasteiger partial charge on any atom is 0.339 e. The van der Waals surface area contributed by atoms with Crippen molar-refractivity contribution in [2.75, 3.05) is 6.61 Å². The zero-order chi connectivity index (χ0) is 21.8. The maximum atomic E-state index is 13.0. The SMILES string of the molecule is CCc1ccc(-c2cc(C(=O)OCC(=O)c3ccccc3)c3cccc(C)c3n2)cc1. The Morgan fingerprint density at radius 1 is 0.903 bits per heavy atom. The Labute approximate surface area is 181 Å². The fourth-order valence-corrected chi connectivity index (χ4v) is 3.54. The molecule has 0 amide bonds. The molecule has 3 aromatic carbocycles. The van der Waals surface area contributed by atoms with Crippen molar-refractivity contribution in [3.63, 3.8) is 0 Å². The summed E-state index contributed by atoms with van der Waals surface area (Å²) in [5.74, 6) is -0.771. The summed E-state index contributed by atoms with van der Waals surface area (Å²) < 4.78 is 5.40. The van der Waals surface area contributed by atoms with Gasteiger partial charge in [-0.25, -0.2) is 9.78 Å². The highest BCUT2D eigenvalue weighted by atomic mass is 16.5. The standard InChI is InChI=1S/C27H23NO3/c1-3-19-12-14-20(15-13-19)24-16-23(22-11-7-8-18(2)26(22)28-24)27(30)31-17-25(29)21-9-5-4-6-10-21/h4-16H,3,17H2,1-2H3. The monoisotopic (exact) mass is 409 g/mol. The number of ether oxygens (including phenoxy) is 1. The number of Topliss-reactive ketones (excluding diaryl/α,β-unsaturated/α-hetero) is 1. The number of pyridine rings is 1. The van der Waals surface area contributed by atoms with Gasteiger partial charge in [0.1, 0.15) is 0 Å². The summed E-state index contributed by atoms with van der Waals surface area (Å²) in [6.07, 6.45) is 0.956. The molecule has 0 aliphatic rings. The van der Waals surface area contributed by atoms with Crippen LogP contribution in [0.2, 0.25) is 0 Å². The Bertz CT molecular complexity index is 1240. The van der Waals surface area contributed by atoms with E-state index in [4.69, 9.17) is 9.72 Å². The molecule has 154 valence electrons. The summed E-state index contributed by atoms with van der Waals surface area (Å²) in [6.45, 7) is 3.77. The first-order valence-corrected chi connectivity index (χ1v) is 10.3. The topological polar surface area (TPSA) is 56.3 Å². The Balaban J connectivity index is 1.69. The molecule has 0 atom stereocenters. The van der Waals surface area contributed by atoms with Crippen LogP contribution in [0.4, 0.5) is 0 Å². The maximum absolute atomic E-state index is 13.0. The lowest BCUT2D eigenvalue weighted by Gasteiger charge is -2.12. The number of para-hydroxylation sites is 1. The number of hydrogen-bond acceptors (Lipinski definition) is 4. The normalized spacial score (nSPS) is 10.8. The van der Waals surface area contributed by atoms with E-state index < -0.39 is 5.97 Å². The van der Waals surface area contributed by atoms with Crippen molar-refractivity contribution in [3.05, 3.63) is 101 Å². The predicted molar refractivity (Wildman–Crippen MR) is 122 cm³/mol. The average Bonchev–Trinajstić information content (AvgIpc) is 2.82. The molecule has 0 N–H and O–H groups in total. The van der Waals surface area contributed by atoms with Gasteiger partial charge >= 0.3 is 5.97 Å². The summed E-state index contributed by atoms with van der Waals surface area (Å²) >= 11 is 0. The molecular formula is C27H23NO3. The van der Waals surface area contributed by atoms with Crippen LogP contribution in [0, 0.1) is 6.92 Å². The van der Waals surface area contributed by atoms with Gasteiger partial charge in [-0.2, -0.15) is 0 Å². The molecule has 4 rings (SSSR count). The smallest absolute Gasteiger partial charge is 0.339 e. The minimum absolute atomic E-state index is 0.237. The number of rotatable bonds is 6. The van der Waals surface area contributed by atoms with E-state index in [1.165, 1.54) is 5.56 Å². The number of aromatic nitrogens is 1. The second-order valence-corrected chi connectivity index (χ2v) is 7.44. The van der Waals surface area contributed by atoms with Gasteiger partial charge in [-0.15, -0.1) is 0 Å². The first-order valence-electron chi connectivity index (χ1n) is 10.3. The first-order chi connectivity index (χ1) is 15.1. The number of fused-ring (bicyclic) bond motifs is 1. The minimum atomic E-state index is -0.534. The molecule has 0 aliphatic heterocycles. The number of ketones is 1. The first kappa shape index (κ1) is 20.5. The van der Waals surface area contributed by atoms with Crippen LogP contribution in [-0.4, -0.2) is 23.3 Å². The molecule has 4 aromatic rings. The van der Waals surface area contributed by atoms with E-state index >= 15 is 0 Å². The van der Waals surface area contributed by atoms with Crippen molar-refractivity contribution in [3.8, 4) is 11.3 Å². The molecule has 31 heavy (non-hydrogen) atoms. The lowest BCUT2D eigenvalue weighted by atomic mass is 10.0. The molecule has 4 heteroatoms. The molecule has 0 aliphatic carbocycles. The minimum Gasteiger partial charge on any atom is -0.454 e. The molecule has 0 saturated carbocycles. The molecule has 0 saturated heterocycles. The number of aryl methyl sites for hydroxylation is 2. The summed E-state index contributed by atoms with van der Waals surface area (Å²) in [6, 6.07) is 24.4. The van der Waals surface area contributed by atoms with Crippen molar-refractivity contribution in [1.82, 2.24) is 4.98 Å². The molecule has 1 aromatic heterocycles. The highest BCUT2D eigenvalue weighted by molar-refractivity contribution is 6.06. The second kappa shape index (κ2) is 8.92. The molecule has 0 radical (unpaired) electrons. The highest BCUT2D eigenvalue weighted by Gasteiger charge is 2.18. The van der Waals surface area contributed by atoms with Crippen LogP contribution >= 0.6 is 0 Å². The second-order valence-electron chi connectivity index (χ2n) is 7.44. The zero-order valence-electron chi connectivity index (χ0n) is 17.6. The van der Waals surface area contributed by atoms with Crippen LogP contribution in [0.1, 0.15) is 38.8 Å². The summed E-state index contributed by atoms with van der Waals surface area (Å²) in [4.78, 5) is 30.2. The predicted octanol–water partition coefficient (Wildman–Crippen LogP) is 5.81. The van der Waals surface area contributed by atoms with E-state index in [0.717, 1.165) is 23.1 Å². The largest absolute Gasteiger partial charge is 0.454 e. The lowest BCUT2D eigenvalue weighted by molar-refractivity contribution is 0.0476. The van der Waals surface area contributed by atoms with Gasteiger partial charge in [0, 0.05) is 16.5 Å². The third kappa shape index (κ3) is 4.38. The Kier molecular flexibility index (Phi) is 5.89. The zero-order valence-corrected chi connectivity index (χ0v) is 17.6. The molecule has 0 unspecified atom stereocenters. The molecule has 0 bridgehead atoms. The number of carbonyl (C=O) groups is 2. The molecule has 4 nitrogen and oxygen atoms in total. The summed E-state index contributed by atoms with van der Waals surface area (Å²) in [5, 5.41) is 0.714. The number of benzene rings is 3. The number of hydrogen-bond donors (Lipinski definition) is 0. The van der Waals surface area contributed by atoms with Crippen LogP contribution in [0.5, 0.6) is 0 Å². The van der Waals surface area contributed by atoms with Gasteiger partial charge in [-0.05, 0) is 30.5 Å². The van der Waals surface area contributed by atoms with Crippen molar-refractivity contribution in [2.24, 2.45) is 0 Å². The molecule has 1 heterocycles. The van der Waals surface area contributed by atoms with Crippen LogP contribution in [0.15, 0.2) is 78.9 Å². The molecule has 0 fully saturated rings. The summed E-state index contributed by atoms with van der Waals surface area (Å²) in [7, 11) is 0. The van der Waals surface area contributed by atoms with Crippen LogP contribution in [0.3, 0.4) is 0 Å². The number of nitrogens with zero attached hydrogens (tertiary/aromatic N) is 1. The fraction of sp³-hybridized carbons (Fsp3) is 0.148. The third-order valence-corrected chi connectivity index (χ3v) is 5.35. The van der Waals surface area contributed by atoms with Crippen molar-refractivity contribution in [1.29, 1.82) is 0 Å². The van der Waals surface area contributed by atoms with Gasteiger partial charge in [-0.1, -0.05) is 79.7 Å². The lowest BCUT2D eigenvalue weighted by Crippen LogP contribution is -2.15. The molecule has 0 spiro atoms. The fourth-order valence-electron chi connectivity index (χ4n) is 3.54. The summed E-state index contributed by atoms with van der Waals surface area (Å²) in [5.41, 5.74) is 5.51. The van der Waals surface area contributed by atoms with Crippen molar-refractivity contribution in [2.45, 2.75) is 20.3 Å². The van der Waals surface area contributed by atoms with Crippen molar-refractivity contribution < 1.29 is 14.3 Å². The number of carbonyl (C=O) groups excluding carboxylic acids is 2. The highest BCUT2D eigenvalue weighted by Crippen LogP contribution is 2.27. The van der Waals surface area contributed by atoms with Crippen LogP contribution in [0.25, 0.3) is 22.2 Å². The van der Waals surface area contributed by atoms with E-state index in [-0.39, 0.29) is 12.4 Å². The van der Waals surface area contributed by atoms with E-state index in [2.05, 4.69) is 19.1 Å². The van der Waals surface area contributed by atoms with E-state index in [1.54, 1.807) is 30.3 Å². The number of esters is 1. The van der Waals surface area contributed by atoms with Gasteiger partial charge in [0.15, 0.2) is 12.4 Å². The van der Waals surface area contributed by atoms with Crippen LogP contribution in [-0.2, 0) is 11.2 Å². The van der Waals surface area contributed by atoms with Gasteiger partial charge in [0.25, 0.3) is 0 Å².